The molecule has 0 saturated heterocycles. The van der Waals surface area contributed by atoms with Crippen LogP contribution in [0.1, 0.15) is 38.6 Å². The molecule has 0 fully saturated rings. The zero-order valence-electron chi connectivity index (χ0n) is 19.3. The molecule has 0 saturated carbocycles. The Labute approximate surface area is 217 Å². The van der Waals surface area contributed by atoms with Gasteiger partial charge in [-0.2, -0.15) is 10.2 Å². The van der Waals surface area contributed by atoms with Gasteiger partial charge >= 0.3 is 0 Å². The predicted molar refractivity (Wildman–Crippen MR) is 141 cm³/mol. The number of halogens is 2. The van der Waals surface area contributed by atoms with Crippen LogP contribution in [0, 0.1) is 20.8 Å². The third kappa shape index (κ3) is 6.08. The molecule has 178 valence electrons. The summed E-state index contributed by atoms with van der Waals surface area (Å²) in [5.74, 6) is 0.376. The number of hydrogen-bond acceptors (Lipinski definition) is 6. The second kappa shape index (κ2) is 11.0. The van der Waals surface area contributed by atoms with Crippen LogP contribution in [0.15, 0.2) is 64.9 Å². The average molecular weight is 525 g/mol. The molecule has 0 bridgehead atoms. The maximum absolute atomic E-state index is 12.5. The number of thioether (sulfide) groups is 1. The lowest BCUT2D eigenvalue weighted by Gasteiger charge is -2.05. The Kier molecular flexibility index (Phi) is 7.85. The minimum absolute atomic E-state index is 0.328. The summed E-state index contributed by atoms with van der Waals surface area (Å²) >= 11 is 14.3. The van der Waals surface area contributed by atoms with Crippen LogP contribution in [0.25, 0.3) is 5.69 Å². The van der Waals surface area contributed by atoms with Crippen LogP contribution in [0.3, 0.4) is 0 Å². The fourth-order valence-corrected chi connectivity index (χ4v) is 4.75. The van der Waals surface area contributed by atoms with E-state index in [2.05, 4.69) is 25.6 Å². The second-order valence-corrected chi connectivity index (χ2v) is 9.48. The minimum atomic E-state index is -0.328. The fraction of sp³-hybridized carbons (Fsp3) is 0.160. The SMILES string of the molecule is Cc1cc(C)nc(SCc2ccc(C(=O)N/N=C/c3c(C)nn(-c4ccccc4Cl)c3Cl)cc2)n1. The molecule has 2 heterocycles. The van der Waals surface area contributed by atoms with Crippen molar-refractivity contribution in [3.63, 3.8) is 0 Å². The van der Waals surface area contributed by atoms with E-state index >= 15 is 0 Å². The van der Waals surface area contributed by atoms with E-state index in [4.69, 9.17) is 23.2 Å². The number of rotatable bonds is 7. The van der Waals surface area contributed by atoms with Gasteiger partial charge in [-0.15, -0.1) is 0 Å². The van der Waals surface area contributed by atoms with Crippen molar-refractivity contribution in [1.82, 2.24) is 25.2 Å². The van der Waals surface area contributed by atoms with Crippen LogP contribution in [0.5, 0.6) is 0 Å². The van der Waals surface area contributed by atoms with Crippen LogP contribution >= 0.6 is 35.0 Å². The first-order chi connectivity index (χ1) is 16.8. The first kappa shape index (κ1) is 24.9. The number of carbonyl (C=O) groups excluding carboxylic acids is 1. The number of nitrogens with zero attached hydrogens (tertiary/aromatic N) is 5. The van der Waals surface area contributed by atoms with E-state index < -0.39 is 0 Å². The minimum Gasteiger partial charge on any atom is -0.267 e. The van der Waals surface area contributed by atoms with Gasteiger partial charge in [0.25, 0.3) is 5.91 Å². The molecule has 4 rings (SSSR count). The molecule has 0 atom stereocenters. The number of amides is 1. The van der Waals surface area contributed by atoms with Crippen LogP contribution in [0.2, 0.25) is 10.2 Å². The van der Waals surface area contributed by atoms with Crippen LogP contribution in [0.4, 0.5) is 0 Å². The van der Waals surface area contributed by atoms with Gasteiger partial charge in [0, 0.05) is 22.7 Å². The summed E-state index contributed by atoms with van der Waals surface area (Å²) in [5.41, 5.74) is 7.89. The highest BCUT2D eigenvalue weighted by atomic mass is 35.5. The van der Waals surface area contributed by atoms with Crippen molar-refractivity contribution in [2.24, 2.45) is 5.10 Å². The number of aromatic nitrogens is 4. The summed E-state index contributed by atoms with van der Waals surface area (Å²) in [6.07, 6.45) is 1.48. The lowest BCUT2D eigenvalue weighted by Crippen LogP contribution is -2.17. The lowest BCUT2D eigenvalue weighted by atomic mass is 10.1. The zero-order valence-corrected chi connectivity index (χ0v) is 21.6. The van der Waals surface area contributed by atoms with Crippen molar-refractivity contribution < 1.29 is 4.79 Å². The van der Waals surface area contributed by atoms with Crippen LogP contribution < -0.4 is 5.43 Å². The molecule has 10 heteroatoms. The number of para-hydroxylation sites is 1. The Morgan fingerprint density at radius 2 is 1.74 bits per heavy atom. The Bertz CT molecular complexity index is 1380. The van der Waals surface area contributed by atoms with Crippen molar-refractivity contribution in [3.05, 3.63) is 98.5 Å². The molecule has 0 unspecified atom stereocenters. The third-order valence-corrected chi connectivity index (χ3v) is 6.64. The summed E-state index contributed by atoms with van der Waals surface area (Å²) in [5, 5.41) is 10.1. The van der Waals surface area contributed by atoms with Crippen molar-refractivity contribution in [2.45, 2.75) is 31.7 Å². The van der Waals surface area contributed by atoms with E-state index in [0.29, 0.717) is 38.4 Å². The summed E-state index contributed by atoms with van der Waals surface area (Å²) in [6, 6.07) is 16.5. The average Bonchev–Trinajstić information content (AvgIpc) is 3.11. The largest absolute Gasteiger partial charge is 0.271 e. The van der Waals surface area contributed by atoms with Gasteiger partial charge in [0.05, 0.1) is 28.2 Å². The van der Waals surface area contributed by atoms with Gasteiger partial charge in [-0.05, 0) is 56.7 Å². The molecule has 35 heavy (non-hydrogen) atoms. The topological polar surface area (TPSA) is 85.1 Å². The van der Waals surface area contributed by atoms with Gasteiger partial charge < -0.3 is 0 Å². The van der Waals surface area contributed by atoms with E-state index in [0.717, 1.165) is 22.1 Å². The first-order valence-corrected chi connectivity index (χ1v) is 12.4. The summed E-state index contributed by atoms with van der Waals surface area (Å²) in [6.45, 7) is 5.71. The second-order valence-electron chi connectivity index (χ2n) is 7.77. The maximum atomic E-state index is 12.5. The molecular weight excluding hydrogens is 503 g/mol. The molecule has 1 N–H and O–H groups in total. The van der Waals surface area contributed by atoms with E-state index in [1.807, 2.05) is 57.2 Å². The standard InChI is InChI=1S/C25H22Cl2N6OS/c1-15-12-16(2)30-25(29-15)35-14-18-8-10-19(11-9-18)24(34)31-28-13-20-17(3)32-33(23(20)27)22-7-5-4-6-21(22)26/h4-13H,14H2,1-3H3,(H,31,34)/b28-13+. The number of hydrogen-bond donors (Lipinski definition) is 1. The van der Waals surface area contributed by atoms with Crippen molar-refractivity contribution >= 4 is 47.1 Å². The highest BCUT2D eigenvalue weighted by Crippen LogP contribution is 2.26. The lowest BCUT2D eigenvalue weighted by molar-refractivity contribution is 0.0955. The Hall–Kier alpha value is -3.20. The Balaban J connectivity index is 1.38. The molecule has 2 aromatic heterocycles. The molecule has 1 amide bonds. The van der Waals surface area contributed by atoms with Crippen LogP contribution in [-0.2, 0) is 5.75 Å². The highest BCUT2D eigenvalue weighted by Gasteiger charge is 2.15. The van der Waals surface area contributed by atoms with Crippen molar-refractivity contribution in [1.29, 1.82) is 0 Å². The van der Waals surface area contributed by atoms with E-state index in [9.17, 15) is 4.79 Å². The van der Waals surface area contributed by atoms with Gasteiger partial charge in [-0.1, -0.05) is 59.2 Å². The zero-order chi connectivity index (χ0) is 24.9. The first-order valence-electron chi connectivity index (χ1n) is 10.7. The van der Waals surface area contributed by atoms with E-state index in [1.165, 1.54) is 6.21 Å². The fourth-order valence-electron chi connectivity index (χ4n) is 3.32. The molecule has 0 spiro atoms. The summed E-state index contributed by atoms with van der Waals surface area (Å²) in [4.78, 5) is 21.4. The number of aryl methyl sites for hydroxylation is 3. The molecule has 0 aliphatic rings. The third-order valence-electron chi connectivity index (χ3n) is 5.03. The van der Waals surface area contributed by atoms with Gasteiger partial charge in [-0.25, -0.2) is 20.1 Å². The molecule has 7 nitrogen and oxygen atoms in total. The maximum Gasteiger partial charge on any atom is 0.271 e. The highest BCUT2D eigenvalue weighted by molar-refractivity contribution is 7.98. The quantitative estimate of drug-likeness (QED) is 0.140. The Morgan fingerprint density at radius 1 is 1.06 bits per heavy atom. The number of carbonyl (C=O) groups is 1. The Morgan fingerprint density at radius 3 is 2.43 bits per heavy atom. The molecule has 0 radical (unpaired) electrons. The van der Waals surface area contributed by atoms with Crippen LogP contribution in [-0.4, -0.2) is 31.9 Å². The molecular formula is C25H22Cl2N6OS. The molecule has 2 aromatic carbocycles. The summed E-state index contributed by atoms with van der Waals surface area (Å²) in [7, 11) is 0. The number of nitrogens with one attached hydrogen (secondary N) is 1. The van der Waals surface area contributed by atoms with Gasteiger partial charge in [-0.3, -0.25) is 4.79 Å². The predicted octanol–water partition coefficient (Wildman–Crippen LogP) is 5.95. The van der Waals surface area contributed by atoms with Crippen molar-refractivity contribution in [3.8, 4) is 5.69 Å². The van der Waals surface area contributed by atoms with E-state index in [1.54, 1.807) is 34.6 Å². The van der Waals surface area contributed by atoms with E-state index in [-0.39, 0.29) is 5.91 Å². The van der Waals surface area contributed by atoms with Gasteiger partial charge in [0.2, 0.25) is 0 Å². The molecule has 0 aliphatic carbocycles. The van der Waals surface area contributed by atoms with Gasteiger partial charge in [0.1, 0.15) is 5.15 Å². The molecule has 0 aliphatic heterocycles. The van der Waals surface area contributed by atoms with Gasteiger partial charge in [0.15, 0.2) is 5.16 Å². The number of hydrazone groups is 1. The molecule has 4 aromatic rings. The monoisotopic (exact) mass is 524 g/mol. The summed E-state index contributed by atoms with van der Waals surface area (Å²) < 4.78 is 1.54. The smallest absolute Gasteiger partial charge is 0.267 e. The van der Waals surface area contributed by atoms with Crippen molar-refractivity contribution in [2.75, 3.05) is 0 Å². The normalized spacial score (nSPS) is 11.2. The number of benzene rings is 2.